The molecule has 1 N–H and O–H groups in total. The van der Waals surface area contributed by atoms with Gasteiger partial charge >= 0.3 is 10.2 Å². The fourth-order valence-electron chi connectivity index (χ4n) is 2.48. The summed E-state index contributed by atoms with van der Waals surface area (Å²) in [6, 6.07) is 4.97. The van der Waals surface area contributed by atoms with E-state index in [9.17, 15) is 17.6 Å². The van der Waals surface area contributed by atoms with Crippen LogP contribution in [0.3, 0.4) is 0 Å². The van der Waals surface area contributed by atoms with E-state index in [0.717, 1.165) is 33.8 Å². The van der Waals surface area contributed by atoms with Crippen molar-refractivity contribution in [2.75, 3.05) is 64.3 Å². The van der Waals surface area contributed by atoms with Crippen LogP contribution in [0.1, 0.15) is 0 Å². The Morgan fingerprint density at radius 1 is 1.23 bits per heavy atom. The van der Waals surface area contributed by atoms with Gasteiger partial charge < -0.3 is 10.1 Å². The predicted octanol–water partition coefficient (Wildman–Crippen LogP) is -0.113. The third kappa shape index (κ3) is 5.63. The van der Waals surface area contributed by atoms with E-state index in [1.54, 1.807) is 0 Å². The quantitative estimate of drug-likeness (QED) is 0.672. The second-order valence-electron chi connectivity index (χ2n) is 6.08. The third-order valence-corrected chi connectivity index (χ3v) is 5.82. The number of anilines is 1. The zero-order valence-electron chi connectivity index (χ0n) is 15.0. The van der Waals surface area contributed by atoms with Gasteiger partial charge in [-0.05, 0) is 24.3 Å². The van der Waals surface area contributed by atoms with Gasteiger partial charge in [0.2, 0.25) is 5.91 Å². The summed E-state index contributed by atoms with van der Waals surface area (Å²) in [5, 5.41) is 2.73. The van der Waals surface area contributed by atoms with Gasteiger partial charge in [0, 0.05) is 40.3 Å². The van der Waals surface area contributed by atoms with Crippen molar-refractivity contribution in [2.45, 2.75) is 0 Å². The first kappa shape index (κ1) is 20.6. The lowest BCUT2D eigenvalue weighted by molar-refractivity contribution is -0.119. The van der Waals surface area contributed by atoms with Crippen LogP contribution in [-0.4, -0.2) is 83.6 Å². The summed E-state index contributed by atoms with van der Waals surface area (Å²) in [7, 11) is -1.13. The van der Waals surface area contributed by atoms with E-state index >= 15 is 0 Å². The van der Waals surface area contributed by atoms with Gasteiger partial charge in [0.15, 0.2) is 0 Å². The molecule has 0 radical (unpaired) electrons. The average Bonchev–Trinajstić information content (AvgIpc) is 2.61. The largest absolute Gasteiger partial charge is 0.379 e. The maximum Gasteiger partial charge on any atom is 0.304 e. The monoisotopic (exact) mass is 388 g/mol. The molecule has 1 aromatic rings. The highest BCUT2D eigenvalue weighted by atomic mass is 32.2. The van der Waals surface area contributed by atoms with Crippen molar-refractivity contribution in [1.29, 1.82) is 0 Å². The Kier molecular flexibility index (Phi) is 7.33. The van der Waals surface area contributed by atoms with Gasteiger partial charge in [-0.15, -0.1) is 0 Å². The smallest absolute Gasteiger partial charge is 0.304 e. The molecule has 146 valence electrons. The molecule has 0 aliphatic carbocycles. The minimum atomic E-state index is -3.89. The van der Waals surface area contributed by atoms with E-state index < -0.39 is 21.9 Å². The lowest BCUT2D eigenvalue weighted by atomic mass is 10.3. The van der Waals surface area contributed by atoms with Crippen molar-refractivity contribution in [2.24, 2.45) is 0 Å². The van der Waals surface area contributed by atoms with E-state index in [1.807, 2.05) is 0 Å². The Bertz CT molecular complexity index is 691. The molecular formula is C16H25FN4O4S. The maximum atomic E-state index is 13.1. The Morgan fingerprint density at radius 2 is 1.85 bits per heavy atom. The molecule has 1 aliphatic heterocycles. The fourth-order valence-corrected chi connectivity index (χ4v) is 3.54. The van der Waals surface area contributed by atoms with E-state index in [2.05, 4.69) is 10.2 Å². The zero-order chi connectivity index (χ0) is 19.2. The number of carbonyl (C=O) groups is 1. The van der Waals surface area contributed by atoms with Crippen LogP contribution in [0.4, 0.5) is 10.1 Å². The highest BCUT2D eigenvalue weighted by Gasteiger charge is 2.27. The summed E-state index contributed by atoms with van der Waals surface area (Å²) in [6.45, 7) is 3.68. The number of halogens is 1. The van der Waals surface area contributed by atoms with Crippen LogP contribution in [0.5, 0.6) is 0 Å². The Labute approximate surface area is 153 Å². The molecule has 1 aliphatic rings. The summed E-state index contributed by atoms with van der Waals surface area (Å²) in [5.41, 5.74) is 0.225. The molecule has 0 saturated carbocycles. The van der Waals surface area contributed by atoms with Gasteiger partial charge in [0.1, 0.15) is 12.4 Å². The molecule has 8 nitrogen and oxygen atoms in total. The summed E-state index contributed by atoms with van der Waals surface area (Å²) in [4.78, 5) is 14.4. The summed E-state index contributed by atoms with van der Waals surface area (Å²) < 4.78 is 45.4. The van der Waals surface area contributed by atoms with Gasteiger partial charge in [-0.1, -0.05) is 0 Å². The topological polar surface area (TPSA) is 82.2 Å². The van der Waals surface area contributed by atoms with Crippen LogP contribution in [0.15, 0.2) is 24.3 Å². The standard InChI is InChI=1S/C16H25FN4O4S/c1-19(2)26(23,24)21(15-5-3-14(17)4-6-15)13-16(22)18-7-8-20-9-11-25-12-10-20/h3-6H,7-13H2,1-2H3,(H,18,22). The molecular weight excluding hydrogens is 363 g/mol. The molecule has 1 aromatic carbocycles. The van der Waals surface area contributed by atoms with E-state index in [0.29, 0.717) is 26.3 Å². The SMILES string of the molecule is CN(C)S(=O)(=O)N(CC(=O)NCCN1CCOCC1)c1ccc(F)cc1. The van der Waals surface area contributed by atoms with Crippen molar-refractivity contribution in [1.82, 2.24) is 14.5 Å². The lowest BCUT2D eigenvalue weighted by Gasteiger charge is -2.28. The molecule has 0 bridgehead atoms. The summed E-state index contributed by atoms with van der Waals surface area (Å²) in [6.07, 6.45) is 0. The molecule has 0 unspecified atom stereocenters. The number of hydrogen-bond acceptors (Lipinski definition) is 5. The number of amides is 1. The number of hydrogen-bond donors (Lipinski definition) is 1. The number of morpholine rings is 1. The molecule has 26 heavy (non-hydrogen) atoms. The van der Waals surface area contributed by atoms with Gasteiger partial charge in [0.25, 0.3) is 0 Å². The normalized spacial score (nSPS) is 15.8. The number of rotatable bonds is 8. The highest BCUT2D eigenvalue weighted by Crippen LogP contribution is 2.19. The Balaban J connectivity index is 1.99. The first-order chi connectivity index (χ1) is 12.3. The van der Waals surface area contributed by atoms with Gasteiger partial charge in [0.05, 0.1) is 18.9 Å². The van der Waals surface area contributed by atoms with Crippen molar-refractivity contribution >= 4 is 21.8 Å². The number of benzene rings is 1. The molecule has 1 saturated heterocycles. The van der Waals surface area contributed by atoms with Crippen molar-refractivity contribution < 1.29 is 22.3 Å². The molecule has 0 atom stereocenters. The maximum absolute atomic E-state index is 13.1. The van der Waals surface area contributed by atoms with Crippen LogP contribution >= 0.6 is 0 Å². The molecule has 2 rings (SSSR count). The molecule has 10 heteroatoms. The minimum absolute atomic E-state index is 0.225. The number of ether oxygens (including phenoxy) is 1. The Morgan fingerprint density at radius 3 is 2.42 bits per heavy atom. The average molecular weight is 388 g/mol. The van der Waals surface area contributed by atoms with E-state index in [-0.39, 0.29) is 12.2 Å². The predicted molar refractivity (Wildman–Crippen MR) is 96.6 cm³/mol. The summed E-state index contributed by atoms with van der Waals surface area (Å²) >= 11 is 0. The first-order valence-electron chi connectivity index (χ1n) is 8.33. The van der Waals surface area contributed by atoms with E-state index in [4.69, 9.17) is 4.74 Å². The highest BCUT2D eigenvalue weighted by molar-refractivity contribution is 7.90. The van der Waals surface area contributed by atoms with Crippen molar-refractivity contribution in [3.05, 3.63) is 30.1 Å². The van der Waals surface area contributed by atoms with Gasteiger partial charge in [-0.3, -0.25) is 9.69 Å². The molecule has 0 aromatic heterocycles. The lowest BCUT2D eigenvalue weighted by Crippen LogP contribution is -2.47. The van der Waals surface area contributed by atoms with Gasteiger partial charge in [-0.25, -0.2) is 8.70 Å². The van der Waals surface area contributed by atoms with Crippen LogP contribution in [0.25, 0.3) is 0 Å². The number of carbonyl (C=O) groups excluding carboxylic acids is 1. The number of nitrogens with zero attached hydrogens (tertiary/aromatic N) is 3. The van der Waals surface area contributed by atoms with E-state index in [1.165, 1.54) is 26.2 Å². The fraction of sp³-hybridized carbons (Fsp3) is 0.562. The first-order valence-corrected chi connectivity index (χ1v) is 9.73. The second kappa shape index (κ2) is 9.26. The van der Waals surface area contributed by atoms with Gasteiger partial charge in [-0.2, -0.15) is 12.7 Å². The van der Waals surface area contributed by atoms with Crippen LogP contribution < -0.4 is 9.62 Å². The van der Waals surface area contributed by atoms with Crippen LogP contribution in [0.2, 0.25) is 0 Å². The molecule has 1 amide bonds. The summed E-state index contributed by atoms with van der Waals surface area (Å²) in [5.74, 6) is -0.904. The zero-order valence-corrected chi connectivity index (χ0v) is 15.8. The number of nitrogens with one attached hydrogen (secondary N) is 1. The van der Waals surface area contributed by atoms with Crippen molar-refractivity contribution in [3.63, 3.8) is 0 Å². The second-order valence-corrected chi connectivity index (χ2v) is 8.14. The molecule has 1 heterocycles. The minimum Gasteiger partial charge on any atom is -0.379 e. The van der Waals surface area contributed by atoms with Crippen molar-refractivity contribution in [3.8, 4) is 0 Å². The molecule has 1 fully saturated rings. The Hall–Kier alpha value is -1.75. The molecule has 0 spiro atoms. The third-order valence-electron chi connectivity index (χ3n) is 4.00. The van der Waals surface area contributed by atoms with Crippen LogP contribution in [0, 0.1) is 5.82 Å². The van der Waals surface area contributed by atoms with Crippen LogP contribution in [-0.2, 0) is 19.7 Å².